The number of nitrogens with one attached hydrogen (secondary N) is 1. The van der Waals surface area contributed by atoms with E-state index in [-0.39, 0.29) is 4.21 Å². The molecule has 0 saturated carbocycles. The number of thiophene rings is 1. The van der Waals surface area contributed by atoms with Crippen LogP contribution in [0.1, 0.15) is 5.56 Å². The minimum atomic E-state index is -3.61. The van der Waals surface area contributed by atoms with E-state index in [0.717, 1.165) is 11.3 Å². The minimum Gasteiger partial charge on any atom is -0.325 e. The molecule has 5 nitrogen and oxygen atoms in total. The number of carbonyl (C=O) groups excluding carboxylic acids is 1. The summed E-state index contributed by atoms with van der Waals surface area (Å²) >= 11 is 1.07. The molecule has 0 bridgehead atoms. The smallest absolute Gasteiger partial charge is 0.239 e. The molecule has 0 aliphatic heterocycles. The van der Waals surface area contributed by atoms with Gasteiger partial charge in [-0.05, 0) is 29.6 Å². The molecule has 0 spiro atoms. The Morgan fingerprint density at radius 3 is 2.75 bits per heavy atom. The van der Waals surface area contributed by atoms with Gasteiger partial charge in [0.25, 0.3) is 0 Å². The second kappa shape index (κ2) is 5.86. The number of benzene rings is 1. The topological polar surface area (TPSA) is 87.0 Å². The molecule has 0 radical (unpaired) electrons. The molecule has 0 unspecified atom stereocenters. The Balaban J connectivity index is 2.08. The van der Waals surface area contributed by atoms with Crippen LogP contribution in [-0.4, -0.2) is 20.1 Å². The first-order valence-electron chi connectivity index (χ1n) is 5.57. The standard InChI is InChI=1S/C13H10N2O3S2/c14-8-10-3-1-4-11(7-10)15-12(16)9-20(17,18)13-5-2-6-19-13/h1-7H,9H2,(H,15,16). The van der Waals surface area contributed by atoms with E-state index in [1.807, 2.05) is 6.07 Å². The van der Waals surface area contributed by atoms with Crippen molar-refractivity contribution >= 4 is 32.8 Å². The Labute approximate surface area is 120 Å². The Morgan fingerprint density at radius 1 is 1.30 bits per heavy atom. The molecule has 1 heterocycles. The average Bonchev–Trinajstić information content (AvgIpc) is 2.92. The van der Waals surface area contributed by atoms with Gasteiger partial charge in [0.05, 0.1) is 11.6 Å². The van der Waals surface area contributed by atoms with E-state index in [4.69, 9.17) is 5.26 Å². The highest BCUT2D eigenvalue weighted by Gasteiger charge is 2.20. The molecule has 102 valence electrons. The lowest BCUT2D eigenvalue weighted by Gasteiger charge is -2.05. The third kappa shape index (κ3) is 3.44. The van der Waals surface area contributed by atoms with Crippen LogP contribution in [0.2, 0.25) is 0 Å². The van der Waals surface area contributed by atoms with Crippen molar-refractivity contribution in [3.63, 3.8) is 0 Å². The number of hydrogen-bond acceptors (Lipinski definition) is 5. The van der Waals surface area contributed by atoms with Gasteiger partial charge in [0.2, 0.25) is 5.91 Å². The SMILES string of the molecule is N#Cc1cccc(NC(=O)CS(=O)(=O)c2cccs2)c1. The van der Waals surface area contributed by atoms with Gasteiger partial charge in [0, 0.05) is 5.69 Å². The summed E-state index contributed by atoms with van der Waals surface area (Å²) in [7, 11) is -3.61. The van der Waals surface area contributed by atoms with Gasteiger partial charge < -0.3 is 5.32 Å². The van der Waals surface area contributed by atoms with Gasteiger partial charge in [-0.15, -0.1) is 11.3 Å². The van der Waals surface area contributed by atoms with E-state index in [0.29, 0.717) is 11.3 Å². The van der Waals surface area contributed by atoms with Gasteiger partial charge in [0.1, 0.15) is 9.96 Å². The zero-order valence-corrected chi connectivity index (χ0v) is 11.9. The third-order valence-electron chi connectivity index (χ3n) is 2.40. The van der Waals surface area contributed by atoms with Crippen molar-refractivity contribution in [2.45, 2.75) is 4.21 Å². The van der Waals surface area contributed by atoms with Crippen LogP contribution in [0.25, 0.3) is 0 Å². The monoisotopic (exact) mass is 306 g/mol. The molecule has 0 fully saturated rings. The quantitative estimate of drug-likeness (QED) is 0.936. The third-order valence-corrected chi connectivity index (χ3v) is 5.50. The van der Waals surface area contributed by atoms with Crippen LogP contribution in [0.4, 0.5) is 5.69 Å². The lowest BCUT2D eigenvalue weighted by atomic mass is 10.2. The number of nitriles is 1. The second-order valence-corrected chi connectivity index (χ2v) is 7.10. The Bertz CT molecular complexity index is 759. The highest BCUT2D eigenvalue weighted by Crippen LogP contribution is 2.18. The molecule has 0 aliphatic rings. The number of anilines is 1. The normalized spacial score (nSPS) is 10.8. The number of nitrogens with zero attached hydrogens (tertiary/aromatic N) is 1. The largest absolute Gasteiger partial charge is 0.325 e. The maximum absolute atomic E-state index is 11.9. The van der Waals surface area contributed by atoms with Crippen LogP contribution >= 0.6 is 11.3 Å². The first-order chi connectivity index (χ1) is 9.51. The number of carbonyl (C=O) groups is 1. The van der Waals surface area contributed by atoms with Gasteiger partial charge in [-0.2, -0.15) is 5.26 Å². The molecular weight excluding hydrogens is 296 g/mol. The Kier molecular flexibility index (Phi) is 4.17. The van der Waals surface area contributed by atoms with Crippen molar-refractivity contribution < 1.29 is 13.2 Å². The summed E-state index contributed by atoms with van der Waals surface area (Å²) in [5.41, 5.74) is 0.791. The van der Waals surface area contributed by atoms with Crippen LogP contribution in [0.15, 0.2) is 46.0 Å². The predicted octanol–water partition coefficient (Wildman–Crippen LogP) is 2.03. The fourth-order valence-corrected chi connectivity index (χ4v) is 3.77. The molecule has 1 aromatic heterocycles. The molecule has 0 aliphatic carbocycles. The van der Waals surface area contributed by atoms with E-state index in [1.54, 1.807) is 29.6 Å². The van der Waals surface area contributed by atoms with E-state index < -0.39 is 21.5 Å². The van der Waals surface area contributed by atoms with Crippen molar-refractivity contribution in [2.75, 3.05) is 11.1 Å². The van der Waals surface area contributed by atoms with Gasteiger partial charge >= 0.3 is 0 Å². The number of sulfone groups is 1. The van der Waals surface area contributed by atoms with E-state index >= 15 is 0 Å². The summed E-state index contributed by atoms with van der Waals surface area (Å²) in [4.78, 5) is 11.8. The van der Waals surface area contributed by atoms with Crippen LogP contribution < -0.4 is 5.32 Å². The van der Waals surface area contributed by atoms with E-state index in [9.17, 15) is 13.2 Å². The van der Waals surface area contributed by atoms with Crippen LogP contribution in [0.5, 0.6) is 0 Å². The number of hydrogen-bond donors (Lipinski definition) is 1. The minimum absolute atomic E-state index is 0.165. The summed E-state index contributed by atoms with van der Waals surface area (Å²) < 4.78 is 24.0. The average molecular weight is 306 g/mol. The molecule has 1 N–H and O–H groups in total. The molecule has 7 heteroatoms. The first kappa shape index (κ1) is 14.2. The second-order valence-electron chi connectivity index (χ2n) is 3.93. The maximum Gasteiger partial charge on any atom is 0.239 e. The van der Waals surface area contributed by atoms with Gasteiger partial charge in [-0.25, -0.2) is 8.42 Å². The summed E-state index contributed by atoms with van der Waals surface area (Å²) in [5.74, 6) is -1.25. The molecular formula is C13H10N2O3S2. The van der Waals surface area contributed by atoms with Crippen LogP contribution in [0.3, 0.4) is 0 Å². The first-order valence-corrected chi connectivity index (χ1v) is 8.11. The predicted molar refractivity (Wildman–Crippen MR) is 76.2 cm³/mol. The lowest BCUT2D eigenvalue weighted by Crippen LogP contribution is -2.22. The van der Waals surface area contributed by atoms with Crippen LogP contribution in [-0.2, 0) is 14.6 Å². The van der Waals surface area contributed by atoms with Crippen molar-refractivity contribution in [1.29, 1.82) is 5.26 Å². The summed E-state index contributed by atoms with van der Waals surface area (Å²) in [6.45, 7) is 0. The Hall–Kier alpha value is -2.17. The van der Waals surface area contributed by atoms with Gasteiger partial charge in [0.15, 0.2) is 9.84 Å². The van der Waals surface area contributed by atoms with Gasteiger partial charge in [-0.1, -0.05) is 12.1 Å². The molecule has 1 aromatic carbocycles. The van der Waals surface area contributed by atoms with Crippen molar-refractivity contribution in [3.05, 3.63) is 47.3 Å². The van der Waals surface area contributed by atoms with Crippen LogP contribution in [0, 0.1) is 11.3 Å². The molecule has 2 rings (SSSR count). The molecule has 20 heavy (non-hydrogen) atoms. The number of amides is 1. The fourth-order valence-electron chi connectivity index (χ4n) is 1.55. The Morgan fingerprint density at radius 2 is 2.10 bits per heavy atom. The molecule has 1 amide bonds. The zero-order chi connectivity index (χ0) is 14.6. The van der Waals surface area contributed by atoms with Gasteiger partial charge in [-0.3, -0.25) is 4.79 Å². The highest BCUT2D eigenvalue weighted by atomic mass is 32.2. The van der Waals surface area contributed by atoms with Crippen molar-refractivity contribution in [2.24, 2.45) is 0 Å². The fraction of sp³-hybridized carbons (Fsp3) is 0.0769. The lowest BCUT2D eigenvalue weighted by molar-refractivity contribution is -0.113. The maximum atomic E-state index is 11.9. The summed E-state index contributed by atoms with van der Waals surface area (Å²) in [6.07, 6.45) is 0. The van der Waals surface area contributed by atoms with Crippen molar-refractivity contribution in [3.8, 4) is 6.07 Å². The van der Waals surface area contributed by atoms with E-state index in [1.165, 1.54) is 12.1 Å². The number of rotatable bonds is 4. The van der Waals surface area contributed by atoms with Crippen molar-refractivity contribution in [1.82, 2.24) is 0 Å². The molecule has 2 aromatic rings. The summed E-state index contributed by atoms with van der Waals surface area (Å²) in [6, 6.07) is 11.3. The highest BCUT2D eigenvalue weighted by molar-refractivity contribution is 7.94. The van der Waals surface area contributed by atoms with E-state index in [2.05, 4.69) is 5.32 Å². The zero-order valence-electron chi connectivity index (χ0n) is 10.2. The molecule has 0 saturated heterocycles. The summed E-state index contributed by atoms with van der Waals surface area (Å²) in [5, 5.41) is 12.9. The molecule has 0 atom stereocenters.